The molecule has 1 saturated carbocycles. The van der Waals surface area contributed by atoms with Crippen molar-refractivity contribution in [2.75, 3.05) is 13.8 Å². The lowest BCUT2D eigenvalue weighted by Gasteiger charge is -2.34. The summed E-state index contributed by atoms with van der Waals surface area (Å²) in [6.45, 7) is -0.939. The van der Waals surface area contributed by atoms with E-state index in [-0.39, 0.29) is 10.7 Å². The number of methoxy groups -OCH3 is 1. The summed E-state index contributed by atoms with van der Waals surface area (Å²) in [5.74, 6) is -1.54. The van der Waals surface area contributed by atoms with E-state index in [2.05, 4.69) is 20.9 Å². The zero-order chi connectivity index (χ0) is 16.1. The third-order valence-electron chi connectivity index (χ3n) is 4.21. The number of hydrogen-bond donors (Lipinski definition) is 1. The summed E-state index contributed by atoms with van der Waals surface area (Å²) in [6, 6.07) is 4.25. The average molecular weight is 391 g/mol. The third-order valence-corrected chi connectivity index (χ3v) is 5.99. The number of carbonyl (C=O) groups is 1. The van der Waals surface area contributed by atoms with Crippen molar-refractivity contribution < 1.29 is 18.3 Å². The molecule has 1 aliphatic carbocycles. The number of benzene rings is 1. The molecule has 0 aromatic heterocycles. The number of nitrogens with two attached hydrogens (primary N) is 1. The Labute approximate surface area is 138 Å². The molecular weight excluding hydrogens is 378 g/mol. The Hall–Kier alpha value is -1.15. The molecule has 3 atom stereocenters. The van der Waals surface area contributed by atoms with E-state index in [0.29, 0.717) is 10.9 Å². The van der Waals surface area contributed by atoms with Crippen molar-refractivity contribution in [1.29, 1.82) is 0 Å². The van der Waals surface area contributed by atoms with E-state index in [4.69, 9.17) is 10.5 Å². The van der Waals surface area contributed by atoms with Crippen LogP contribution in [0, 0.1) is 11.7 Å². The Morgan fingerprint density at radius 3 is 3.00 bits per heavy atom. The summed E-state index contributed by atoms with van der Waals surface area (Å²) in [5, 5.41) is 0.0659. The smallest absolute Gasteiger partial charge is 0.322 e. The van der Waals surface area contributed by atoms with Gasteiger partial charge in [-0.2, -0.15) is 0 Å². The molecule has 1 aliphatic heterocycles. The average Bonchev–Trinajstić information content (AvgIpc) is 3.24. The summed E-state index contributed by atoms with van der Waals surface area (Å²) in [4.78, 5) is 16.3. The molecule has 0 bridgehead atoms. The fourth-order valence-electron chi connectivity index (χ4n) is 3.11. The van der Waals surface area contributed by atoms with Crippen molar-refractivity contribution >= 4 is 38.8 Å². The summed E-state index contributed by atoms with van der Waals surface area (Å²) in [7, 11) is 1.27. The predicted molar refractivity (Wildman–Crippen MR) is 83.8 cm³/mol. The second kappa shape index (κ2) is 5.19. The molecule has 0 radical (unpaired) electrons. The standard InChI is InChI=1S/C14H13BrF2N2O2S/c1-21-11(20)14-5-10(14)13(6-16,19-12(18)22-14)8-4-7(15)2-3-9(8)17/h2-4,10H,5-6H2,1H3,(H2,18,19)/t10?,13-,14?/m1/s1. The summed E-state index contributed by atoms with van der Waals surface area (Å²) < 4.78 is 32.8. The quantitative estimate of drug-likeness (QED) is 0.805. The minimum Gasteiger partial charge on any atom is -0.468 e. The first kappa shape index (κ1) is 15.7. The lowest BCUT2D eigenvalue weighted by molar-refractivity contribution is -0.141. The normalized spacial score (nSPS) is 32.9. The first-order valence-electron chi connectivity index (χ1n) is 6.54. The van der Waals surface area contributed by atoms with Gasteiger partial charge in [-0.3, -0.25) is 4.79 Å². The van der Waals surface area contributed by atoms with Crippen molar-refractivity contribution in [2.45, 2.75) is 16.7 Å². The summed E-state index contributed by atoms with van der Waals surface area (Å²) in [5.41, 5.74) is 4.42. The Morgan fingerprint density at radius 2 is 2.36 bits per heavy atom. The lowest BCUT2D eigenvalue weighted by atomic mass is 9.85. The molecule has 118 valence electrons. The van der Waals surface area contributed by atoms with Crippen LogP contribution in [-0.4, -0.2) is 29.7 Å². The molecule has 1 aromatic carbocycles. The Morgan fingerprint density at radius 1 is 1.64 bits per heavy atom. The van der Waals surface area contributed by atoms with Gasteiger partial charge in [0.1, 0.15) is 22.8 Å². The molecule has 8 heteroatoms. The van der Waals surface area contributed by atoms with Crippen LogP contribution >= 0.6 is 27.7 Å². The highest BCUT2D eigenvalue weighted by Gasteiger charge is 2.73. The summed E-state index contributed by atoms with van der Waals surface area (Å²) in [6.07, 6.45) is 0.352. The van der Waals surface area contributed by atoms with Crippen LogP contribution in [0.25, 0.3) is 0 Å². The van der Waals surface area contributed by atoms with E-state index in [1.807, 2.05) is 0 Å². The fraction of sp³-hybridized carbons (Fsp3) is 0.429. The summed E-state index contributed by atoms with van der Waals surface area (Å²) >= 11 is 4.33. The molecule has 2 unspecified atom stereocenters. The Balaban J connectivity index is 2.16. The molecule has 0 amide bonds. The van der Waals surface area contributed by atoms with Gasteiger partial charge in [-0.25, -0.2) is 13.8 Å². The highest BCUT2D eigenvalue weighted by molar-refractivity contribution is 9.10. The van der Waals surface area contributed by atoms with Gasteiger partial charge in [0.05, 0.1) is 7.11 Å². The molecule has 1 aromatic rings. The van der Waals surface area contributed by atoms with Crippen molar-refractivity contribution in [2.24, 2.45) is 16.6 Å². The number of fused-ring (bicyclic) bond motifs is 1. The van der Waals surface area contributed by atoms with E-state index in [9.17, 15) is 13.6 Å². The van der Waals surface area contributed by atoms with Crippen LogP contribution in [0.4, 0.5) is 8.78 Å². The number of hydrogen-bond acceptors (Lipinski definition) is 5. The number of esters is 1. The van der Waals surface area contributed by atoms with E-state index < -0.39 is 34.7 Å². The molecule has 1 fully saturated rings. The van der Waals surface area contributed by atoms with Crippen molar-refractivity contribution in [3.05, 3.63) is 34.1 Å². The minimum atomic E-state index is -1.49. The van der Waals surface area contributed by atoms with Crippen molar-refractivity contribution in [3.8, 4) is 0 Å². The minimum absolute atomic E-state index is 0.0659. The van der Waals surface area contributed by atoms with Gasteiger partial charge in [0.2, 0.25) is 0 Å². The van der Waals surface area contributed by atoms with Crippen LogP contribution in [0.15, 0.2) is 27.7 Å². The zero-order valence-electron chi connectivity index (χ0n) is 11.6. The van der Waals surface area contributed by atoms with Crippen molar-refractivity contribution in [1.82, 2.24) is 0 Å². The van der Waals surface area contributed by atoms with Gasteiger partial charge in [0.25, 0.3) is 0 Å². The van der Waals surface area contributed by atoms with Crippen LogP contribution in [0.1, 0.15) is 12.0 Å². The van der Waals surface area contributed by atoms with Gasteiger partial charge < -0.3 is 10.5 Å². The van der Waals surface area contributed by atoms with E-state index in [0.717, 1.165) is 11.8 Å². The molecule has 4 nitrogen and oxygen atoms in total. The molecule has 1 heterocycles. The van der Waals surface area contributed by atoms with Crippen molar-refractivity contribution in [3.63, 3.8) is 0 Å². The number of ether oxygens (including phenoxy) is 1. The lowest BCUT2D eigenvalue weighted by Crippen LogP contribution is -2.43. The number of amidine groups is 1. The molecule has 2 N–H and O–H groups in total. The number of rotatable bonds is 3. The highest BCUT2D eigenvalue weighted by Crippen LogP contribution is 2.66. The number of aliphatic imine (C=N–C) groups is 1. The topological polar surface area (TPSA) is 64.7 Å². The van der Waals surface area contributed by atoms with Gasteiger partial charge in [-0.1, -0.05) is 27.7 Å². The van der Waals surface area contributed by atoms with Gasteiger partial charge in [-0.05, 0) is 24.6 Å². The fourth-order valence-corrected chi connectivity index (χ4v) is 4.80. The second-order valence-electron chi connectivity index (χ2n) is 5.37. The first-order valence-corrected chi connectivity index (χ1v) is 8.15. The Bertz CT molecular complexity index is 687. The molecular formula is C14H13BrF2N2O2S. The number of thioether (sulfide) groups is 1. The van der Waals surface area contributed by atoms with Gasteiger partial charge in [0, 0.05) is 16.0 Å². The maximum atomic E-state index is 14.3. The monoisotopic (exact) mass is 390 g/mol. The number of carbonyl (C=O) groups excluding carboxylic acids is 1. The van der Waals surface area contributed by atoms with Crippen LogP contribution in [0.3, 0.4) is 0 Å². The zero-order valence-corrected chi connectivity index (χ0v) is 14.0. The molecule has 0 saturated heterocycles. The number of alkyl halides is 1. The Kier molecular flexibility index (Phi) is 3.71. The second-order valence-corrected chi connectivity index (χ2v) is 7.64. The molecule has 22 heavy (non-hydrogen) atoms. The molecule has 3 rings (SSSR count). The van der Waals surface area contributed by atoms with E-state index in [1.54, 1.807) is 0 Å². The number of halogens is 3. The van der Waals surface area contributed by atoms with E-state index in [1.165, 1.54) is 25.3 Å². The van der Waals surface area contributed by atoms with Crippen LogP contribution in [0.5, 0.6) is 0 Å². The van der Waals surface area contributed by atoms with Crippen LogP contribution in [-0.2, 0) is 15.1 Å². The number of nitrogens with zero attached hydrogens (tertiary/aromatic N) is 1. The maximum absolute atomic E-state index is 14.3. The van der Waals surface area contributed by atoms with Crippen LogP contribution < -0.4 is 5.73 Å². The van der Waals surface area contributed by atoms with E-state index >= 15 is 0 Å². The van der Waals surface area contributed by atoms with Gasteiger partial charge in [0.15, 0.2) is 5.17 Å². The highest BCUT2D eigenvalue weighted by atomic mass is 79.9. The first-order chi connectivity index (χ1) is 10.4. The molecule has 2 aliphatic rings. The third kappa shape index (κ3) is 2.07. The molecule has 0 spiro atoms. The van der Waals surface area contributed by atoms with Gasteiger partial charge >= 0.3 is 5.97 Å². The predicted octanol–water partition coefficient (Wildman–Crippen LogP) is 2.75. The van der Waals surface area contributed by atoms with Crippen LogP contribution in [0.2, 0.25) is 0 Å². The van der Waals surface area contributed by atoms with Gasteiger partial charge in [-0.15, -0.1) is 0 Å². The SMILES string of the molecule is COC(=O)C12CC1[C@@](CF)(c1cc(Br)ccc1F)N=C(N)S2. The largest absolute Gasteiger partial charge is 0.468 e. The maximum Gasteiger partial charge on any atom is 0.322 e.